The fraction of sp³-hybridized carbons (Fsp3) is 0.429. The summed E-state index contributed by atoms with van der Waals surface area (Å²) in [4.78, 5) is 24.8. The van der Waals surface area contributed by atoms with E-state index in [2.05, 4.69) is 0 Å². The number of benzene rings is 1. The number of ether oxygens (including phenoxy) is 1. The lowest BCUT2D eigenvalue weighted by Gasteiger charge is -2.16. The number of methoxy groups -OCH3 is 1. The number of rotatable bonds is 3. The van der Waals surface area contributed by atoms with Gasteiger partial charge in [-0.1, -0.05) is 6.92 Å². The first-order chi connectivity index (χ1) is 9.43. The fourth-order valence-corrected chi connectivity index (χ4v) is 2.43. The zero-order valence-corrected chi connectivity index (χ0v) is 11.3. The van der Waals surface area contributed by atoms with Gasteiger partial charge in [0.25, 0.3) is 5.91 Å². The maximum atomic E-state index is 13.3. The Hall–Kier alpha value is -2.11. The number of carboxylic acids is 1. The van der Waals surface area contributed by atoms with Crippen molar-refractivity contribution in [2.24, 2.45) is 11.8 Å². The second-order valence-electron chi connectivity index (χ2n) is 4.98. The molecule has 1 heterocycles. The van der Waals surface area contributed by atoms with Gasteiger partial charge < -0.3 is 14.7 Å². The lowest BCUT2D eigenvalue weighted by atomic mass is 9.99. The molecule has 1 fully saturated rings. The van der Waals surface area contributed by atoms with E-state index in [4.69, 9.17) is 9.84 Å². The lowest BCUT2D eigenvalue weighted by molar-refractivity contribution is -0.142. The predicted molar refractivity (Wildman–Crippen MR) is 69.1 cm³/mol. The van der Waals surface area contributed by atoms with Gasteiger partial charge in [-0.05, 0) is 24.1 Å². The molecular weight excluding hydrogens is 265 g/mol. The van der Waals surface area contributed by atoms with Crippen LogP contribution in [0.2, 0.25) is 0 Å². The first kappa shape index (κ1) is 14.3. The van der Waals surface area contributed by atoms with Gasteiger partial charge in [-0.2, -0.15) is 0 Å². The molecule has 0 spiro atoms. The van der Waals surface area contributed by atoms with Gasteiger partial charge in [0.15, 0.2) is 11.6 Å². The van der Waals surface area contributed by atoms with E-state index < -0.39 is 17.7 Å². The van der Waals surface area contributed by atoms with Crippen molar-refractivity contribution in [3.8, 4) is 5.75 Å². The average Bonchev–Trinajstić information content (AvgIpc) is 2.80. The molecular formula is C14H16FNO4. The van der Waals surface area contributed by atoms with Crippen LogP contribution in [0.15, 0.2) is 18.2 Å². The largest absolute Gasteiger partial charge is 0.494 e. The van der Waals surface area contributed by atoms with E-state index in [1.54, 1.807) is 6.92 Å². The van der Waals surface area contributed by atoms with Crippen molar-refractivity contribution in [1.82, 2.24) is 4.90 Å². The van der Waals surface area contributed by atoms with Gasteiger partial charge in [0.05, 0.1) is 13.0 Å². The SMILES string of the molecule is COc1cc(C(=O)N2C[C@@H](C)[C@H](C(=O)O)C2)ccc1F. The molecule has 5 nitrogen and oxygen atoms in total. The summed E-state index contributed by atoms with van der Waals surface area (Å²) in [5.74, 6) is -2.40. The minimum atomic E-state index is -0.899. The second kappa shape index (κ2) is 5.48. The van der Waals surface area contributed by atoms with Crippen LogP contribution in [0.25, 0.3) is 0 Å². The number of carbonyl (C=O) groups excluding carboxylic acids is 1. The molecule has 6 heteroatoms. The normalized spacial score (nSPS) is 21.9. The van der Waals surface area contributed by atoms with Crippen LogP contribution in [0.5, 0.6) is 5.75 Å². The number of carboxylic acid groups (broad SMARTS) is 1. The Morgan fingerprint density at radius 2 is 2.10 bits per heavy atom. The molecule has 0 bridgehead atoms. The van der Waals surface area contributed by atoms with E-state index in [1.807, 2.05) is 0 Å². The number of nitrogens with zero attached hydrogens (tertiary/aromatic N) is 1. The summed E-state index contributed by atoms with van der Waals surface area (Å²) < 4.78 is 18.2. The highest BCUT2D eigenvalue weighted by molar-refractivity contribution is 5.95. The number of aliphatic carboxylic acids is 1. The van der Waals surface area contributed by atoms with Gasteiger partial charge in [0.2, 0.25) is 0 Å². The quantitative estimate of drug-likeness (QED) is 0.914. The molecule has 0 unspecified atom stereocenters. The Morgan fingerprint density at radius 3 is 2.65 bits per heavy atom. The number of hydrogen-bond donors (Lipinski definition) is 1. The molecule has 1 amide bonds. The molecule has 0 radical (unpaired) electrons. The highest BCUT2D eigenvalue weighted by Crippen LogP contribution is 2.26. The predicted octanol–water partition coefficient (Wildman–Crippen LogP) is 1.63. The standard InChI is InChI=1S/C14H16FNO4/c1-8-6-16(7-10(8)14(18)19)13(17)9-3-4-11(15)12(5-9)20-2/h3-5,8,10H,6-7H2,1-2H3,(H,18,19)/t8-,10-/m1/s1. The number of hydrogen-bond acceptors (Lipinski definition) is 3. The summed E-state index contributed by atoms with van der Waals surface area (Å²) in [6, 6.07) is 3.87. The molecule has 1 saturated heterocycles. The molecule has 2 atom stereocenters. The van der Waals surface area contributed by atoms with E-state index in [0.29, 0.717) is 12.1 Å². The van der Waals surface area contributed by atoms with Crippen LogP contribution in [0.3, 0.4) is 0 Å². The molecule has 1 N–H and O–H groups in total. The number of amides is 1. The Bertz CT molecular complexity index is 546. The van der Waals surface area contributed by atoms with Gasteiger partial charge in [-0.3, -0.25) is 9.59 Å². The molecule has 108 valence electrons. The summed E-state index contributed by atoms with van der Waals surface area (Å²) in [6.07, 6.45) is 0. The summed E-state index contributed by atoms with van der Waals surface area (Å²) in [6.45, 7) is 2.36. The molecule has 2 rings (SSSR count). The molecule has 1 aromatic carbocycles. The van der Waals surface area contributed by atoms with Gasteiger partial charge in [0.1, 0.15) is 0 Å². The van der Waals surface area contributed by atoms with Crippen molar-refractivity contribution in [2.45, 2.75) is 6.92 Å². The smallest absolute Gasteiger partial charge is 0.308 e. The van der Waals surface area contributed by atoms with Crippen LogP contribution < -0.4 is 4.74 Å². The van der Waals surface area contributed by atoms with E-state index in [0.717, 1.165) is 0 Å². The van der Waals surface area contributed by atoms with Crippen molar-refractivity contribution < 1.29 is 23.8 Å². The van der Waals surface area contributed by atoms with Crippen LogP contribution in [0.1, 0.15) is 17.3 Å². The molecule has 1 aliphatic rings. The number of halogens is 1. The summed E-state index contributed by atoms with van der Waals surface area (Å²) in [5.41, 5.74) is 0.293. The monoisotopic (exact) mass is 281 g/mol. The van der Waals surface area contributed by atoms with Crippen molar-refractivity contribution >= 4 is 11.9 Å². The fourth-order valence-electron chi connectivity index (χ4n) is 2.43. The maximum absolute atomic E-state index is 13.3. The van der Waals surface area contributed by atoms with Crippen molar-refractivity contribution in [1.29, 1.82) is 0 Å². The summed E-state index contributed by atoms with van der Waals surface area (Å²) in [7, 11) is 1.32. The van der Waals surface area contributed by atoms with Crippen molar-refractivity contribution in [3.05, 3.63) is 29.6 Å². The van der Waals surface area contributed by atoms with Crippen LogP contribution in [0.4, 0.5) is 4.39 Å². The first-order valence-corrected chi connectivity index (χ1v) is 6.29. The van der Waals surface area contributed by atoms with Crippen LogP contribution in [-0.4, -0.2) is 42.1 Å². The Labute approximate surface area is 116 Å². The van der Waals surface area contributed by atoms with E-state index in [-0.39, 0.29) is 24.1 Å². The van der Waals surface area contributed by atoms with Crippen molar-refractivity contribution in [3.63, 3.8) is 0 Å². The van der Waals surface area contributed by atoms with Gasteiger partial charge in [-0.25, -0.2) is 4.39 Å². The van der Waals surface area contributed by atoms with E-state index >= 15 is 0 Å². The topological polar surface area (TPSA) is 66.8 Å². The van der Waals surface area contributed by atoms with E-state index in [1.165, 1.54) is 30.2 Å². The zero-order valence-electron chi connectivity index (χ0n) is 11.3. The number of carbonyl (C=O) groups is 2. The Balaban J connectivity index is 2.18. The molecule has 0 saturated carbocycles. The van der Waals surface area contributed by atoms with Gasteiger partial charge in [0, 0.05) is 18.7 Å². The number of likely N-dealkylation sites (tertiary alicyclic amines) is 1. The lowest BCUT2D eigenvalue weighted by Crippen LogP contribution is -2.30. The minimum Gasteiger partial charge on any atom is -0.494 e. The summed E-state index contributed by atoms with van der Waals surface area (Å²) in [5, 5.41) is 9.06. The molecule has 1 aromatic rings. The van der Waals surface area contributed by atoms with Crippen LogP contribution in [-0.2, 0) is 4.79 Å². The average molecular weight is 281 g/mol. The second-order valence-corrected chi connectivity index (χ2v) is 4.98. The maximum Gasteiger partial charge on any atom is 0.308 e. The highest BCUT2D eigenvalue weighted by atomic mass is 19.1. The zero-order chi connectivity index (χ0) is 14.9. The summed E-state index contributed by atoms with van der Waals surface area (Å²) >= 11 is 0. The third-order valence-corrected chi connectivity index (χ3v) is 3.61. The first-order valence-electron chi connectivity index (χ1n) is 6.29. The minimum absolute atomic E-state index is 0.00196. The molecule has 20 heavy (non-hydrogen) atoms. The third-order valence-electron chi connectivity index (χ3n) is 3.61. The highest BCUT2D eigenvalue weighted by Gasteiger charge is 2.37. The third kappa shape index (κ3) is 2.59. The van der Waals surface area contributed by atoms with Gasteiger partial charge in [-0.15, -0.1) is 0 Å². The Morgan fingerprint density at radius 1 is 1.40 bits per heavy atom. The Kier molecular flexibility index (Phi) is 3.92. The molecule has 0 aliphatic carbocycles. The van der Waals surface area contributed by atoms with Crippen molar-refractivity contribution in [2.75, 3.05) is 20.2 Å². The van der Waals surface area contributed by atoms with Crippen LogP contribution >= 0.6 is 0 Å². The molecule has 0 aromatic heterocycles. The molecule has 1 aliphatic heterocycles. The van der Waals surface area contributed by atoms with Gasteiger partial charge >= 0.3 is 5.97 Å². The van der Waals surface area contributed by atoms with Crippen LogP contribution in [0, 0.1) is 17.7 Å². The van der Waals surface area contributed by atoms with E-state index in [9.17, 15) is 14.0 Å².